The molecule has 0 bridgehead atoms. The number of non-ortho nitro benzene ring substituents is 2. The Bertz CT molecular complexity index is 733. The fourth-order valence-corrected chi connectivity index (χ4v) is 1.74. The van der Waals surface area contributed by atoms with Crippen LogP contribution in [0, 0.1) is 20.2 Å². The number of anilines is 2. The Kier molecular flexibility index (Phi) is 7.37. The summed E-state index contributed by atoms with van der Waals surface area (Å²) >= 11 is 0. The molecule has 0 saturated heterocycles. The molecule has 0 atom stereocenters. The summed E-state index contributed by atoms with van der Waals surface area (Å²) in [7, 11) is 0. The van der Waals surface area contributed by atoms with Crippen LogP contribution in [-0.4, -0.2) is 21.7 Å². The molecule has 136 valence electrons. The molecule has 0 aliphatic heterocycles. The predicted molar refractivity (Wildman–Crippen MR) is 94.8 cm³/mol. The maximum Gasteiger partial charge on any atom is 0.269 e. The summed E-state index contributed by atoms with van der Waals surface area (Å²) in [6.07, 6.45) is 0. The first-order valence-electron chi connectivity index (χ1n) is 7.23. The standard InChI is InChI=1S/2C8H8N2O3/c2*1-6(11)9-7-2-4-8(5-3-7)10(12)13/h2*2-5H,1H3,(H,9,11). The maximum atomic E-state index is 10.6. The molecular formula is C16H16N4O6. The van der Waals surface area contributed by atoms with Crippen molar-refractivity contribution in [2.75, 3.05) is 10.6 Å². The van der Waals surface area contributed by atoms with E-state index >= 15 is 0 Å². The number of hydrogen-bond donors (Lipinski definition) is 2. The van der Waals surface area contributed by atoms with Crippen LogP contribution >= 0.6 is 0 Å². The van der Waals surface area contributed by atoms with Gasteiger partial charge in [-0.15, -0.1) is 0 Å². The van der Waals surface area contributed by atoms with Crippen molar-refractivity contribution in [2.45, 2.75) is 13.8 Å². The highest BCUT2D eigenvalue weighted by Crippen LogP contribution is 2.15. The molecule has 0 heterocycles. The van der Waals surface area contributed by atoms with Gasteiger partial charge in [0.1, 0.15) is 0 Å². The summed E-state index contributed by atoms with van der Waals surface area (Å²) < 4.78 is 0. The van der Waals surface area contributed by atoms with Gasteiger partial charge in [0.25, 0.3) is 11.4 Å². The quantitative estimate of drug-likeness (QED) is 0.633. The number of rotatable bonds is 4. The Morgan fingerprint density at radius 2 is 0.962 bits per heavy atom. The van der Waals surface area contributed by atoms with Gasteiger partial charge in [-0.2, -0.15) is 0 Å². The number of nitrogens with one attached hydrogen (secondary N) is 2. The minimum atomic E-state index is -0.489. The minimum absolute atomic E-state index is 0.00843. The van der Waals surface area contributed by atoms with Gasteiger partial charge in [-0.3, -0.25) is 29.8 Å². The number of nitro benzene ring substituents is 2. The molecule has 0 spiro atoms. The van der Waals surface area contributed by atoms with E-state index in [-0.39, 0.29) is 23.2 Å². The van der Waals surface area contributed by atoms with E-state index in [2.05, 4.69) is 10.6 Å². The van der Waals surface area contributed by atoms with Gasteiger partial charge in [-0.25, -0.2) is 0 Å². The predicted octanol–water partition coefficient (Wildman–Crippen LogP) is 3.11. The van der Waals surface area contributed by atoms with Gasteiger partial charge in [0.05, 0.1) is 9.85 Å². The van der Waals surface area contributed by atoms with Crippen LogP contribution in [0.5, 0.6) is 0 Å². The third-order valence-corrected chi connectivity index (χ3v) is 2.80. The zero-order chi connectivity index (χ0) is 19.7. The number of nitrogens with zero attached hydrogens (tertiary/aromatic N) is 2. The number of carbonyl (C=O) groups is 2. The average Bonchev–Trinajstić information content (AvgIpc) is 2.55. The van der Waals surface area contributed by atoms with Crippen molar-refractivity contribution >= 4 is 34.6 Å². The first kappa shape index (κ1) is 20.2. The van der Waals surface area contributed by atoms with Crippen LogP contribution in [0.4, 0.5) is 22.7 Å². The summed E-state index contributed by atoms with van der Waals surface area (Å²) in [5.41, 5.74) is 1.12. The normalized spacial score (nSPS) is 9.31. The van der Waals surface area contributed by atoms with Gasteiger partial charge in [0, 0.05) is 49.5 Å². The van der Waals surface area contributed by atoms with Crippen LogP contribution in [0.2, 0.25) is 0 Å². The highest BCUT2D eigenvalue weighted by atomic mass is 16.6. The third-order valence-electron chi connectivity index (χ3n) is 2.80. The van der Waals surface area contributed by atoms with E-state index in [1.807, 2.05) is 0 Å². The topological polar surface area (TPSA) is 144 Å². The van der Waals surface area contributed by atoms with Gasteiger partial charge < -0.3 is 10.6 Å². The lowest BCUT2D eigenvalue weighted by atomic mass is 10.3. The highest BCUT2D eigenvalue weighted by molar-refractivity contribution is 5.89. The molecule has 2 rings (SSSR count). The summed E-state index contributed by atoms with van der Waals surface area (Å²) in [5, 5.41) is 25.5. The van der Waals surface area contributed by atoms with Gasteiger partial charge in [-0.05, 0) is 24.3 Å². The first-order chi connectivity index (χ1) is 12.2. The van der Waals surface area contributed by atoms with Crippen LogP contribution in [0.15, 0.2) is 48.5 Å². The summed E-state index contributed by atoms with van der Waals surface area (Å²) in [4.78, 5) is 40.7. The van der Waals surface area contributed by atoms with Gasteiger partial charge in [-0.1, -0.05) is 0 Å². The van der Waals surface area contributed by atoms with Crippen LogP contribution in [0.3, 0.4) is 0 Å². The molecule has 0 aliphatic carbocycles. The maximum absolute atomic E-state index is 10.6. The van der Waals surface area contributed by atoms with Crippen molar-refractivity contribution in [1.82, 2.24) is 0 Å². The highest BCUT2D eigenvalue weighted by Gasteiger charge is 2.04. The zero-order valence-corrected chi connectivity index (χ0v) is 14.0. The van der Waals surface area contributed by atoms with E-state index in [1.54, 1.807) is 0 Å². The third kappa shape index (κ3) is 7.17. The van der Waals surface area contributed by atoms with E-state index in [0.717, 1.165) is 0 Å². The number of amides is 2. The van der Waals surface area contributed by atoms with Crippen molar-refractivity contribution in [3.8, 4) is 0 Å². The van der Waals surface area contributed by atoms with Gasteiger partial charge in [0.15, 0.2) is 0 Å². The molecule has 2 aromatic rings. The Labute approximate surface area is 148 Å². The van der Waals surface area contributed by atoms with Gasteiger partial charge in [0.2, 0.25) is 11.8 Å². The molecule has 0 fully saturated rings. The second-order valence-corrected chi connectivity index (χ2v) is 4.97. The second-order valence-electron chi connectivity index (χ2n) is 4.97. The zero-order valence-electron chi connectivity index (χ0n) is 14.0. The molecule has 2 aromatic carbocycles. The van der Waals surface area contributed by atoms with Crippen LogP contribution in [0.25, 0.3) is 0 Å². The molecule has 2 amide bonds. The van der Waals surface area contributed by atoms with E-state index in [4.69, 9.17) is 0 Å². The lowest BCUT2D eigenvalue weighted by Gasteiger charge is -1.99. The second kappa shape index (κ2) is 9.47. The SMILES string of the molecule is CC(=O)Nc1ccc([N+](=O)[O-])cc1.CC(=O)Nc1ccc([N+](=O)[O-])cc1. The molecule has 10 nitrogen and oxygen atoms in total. The largest absolute Gasteiger partial charge is 0.326 e. The molecular weight excluding hydrogens is 344 g/mol. The average molecular weight is 360 g/mol. The Morgan fingerprint density at radius 1 is 0.692 bits per heavy atom. The summed E-state index contributed by atoms with van der Waals surface area (Å²) in [6, 6.07) is 11.3. The van der Waals surface area contributed by atoms with Gasteiger partial charge >= 0.3 is 0 Å². The summed E-state index contributed by atoms with van der Waals surface area (Å²) in [5.74, 6) is -0.400. The van der Waals surface area contributed by atoms with Crippen molar-refractivity contribution in [1.29, 1.82) is 0 Å². The van der Waals surface area contributed by atoms with Crippen LogP contribution < -0.4 is 10.6 Å². The van der Waals surface area contributed by atoms with Crippen molar-refractivity contribution in [3.63, 3.8) is 0 Å². The van der Waals surface area contributed by atoms with Crippen molar-refractivity contribution in [2.24, 2.45) is 0 Å². The number of carbonyl (C=O) groups excluding carboxylic acids is 2. The molecule has 0 aliphatic rings. The first-order valence-corrected chi connectivity index (χ1v) is 7.23. The fraction of sp³-hybridized carbons (Fsp3) is 0.125. The molecule has 26 heavy (non-hydrogen) atoms. The minimum Gasteiger partial charge on any atom is -0.326 e. The van der Waals surface area contributed by atoms with E-state index < -0.39 is 9.85 Å². The van der Waals surface area contributed by atoms with Crippen molar-refractivity contribution < 1.29 is 19.4 Å². The molecule has 2 N–H and O–H groups in total. The smallest absolute Gasteiger partial charge is 0.269 e. The Morgan fingerprint density at radius 3 is 1.15 bits per heavy atom. The number of nitro groups is 2. The Hall–Kier alpha value is -3.82. The van der Waals surface area contributed by atoms with Crippen LogP contribution in [0.1, 0.15) is 13.8 Å². The lowest BCUT2D eigenvalue weighted by molar-refractivity contribution is -0.385. The number of hydrogen-bond acceptors (Lipinski definition) is 6. The number of benzene rings is 2. The molecule has 10 heteroatoms. The van der Waals surface area contributed by atoms with Crippen LogP contribution in [-0.2, 0) is 9.59 Å². The van der Waals surface area contributed by atoms with E-state index in [0.29, 0.717) is 11.4 Å². The lowest BCUT2D eigenvalue weighted by Crippen LogP contribution is -2.05. The molecule has 0 unspecified atom stereocenters. The molecule has 0 saturated carbocycles. The molecule has 0 aromatic heterocycles. The Balaban J connectivity index is 0.000000260. The summed E-state index contributed by atoms with van der Waals surface area (Å²) in [6.45, 7) is 2.75. The van der Waals surface area contributed by atoms with E-state index in [9.17, 15) is 29.8 Å². The molecule has 0 radical (unpaired) electrons. The monoisotopic (exact) mass is 360 g/mol. The van der Waals surface area contributed by atoms with E-state index in [1.165, 1.54) is 62.4 Å². The fourth-order valence-electron chi connectivity index (χ4n) is 1.74. The van der Waals surface area contributed by atoms with Crippen molar-refractivity contribution in [3.05, 3.63) is 68.8 Å².